The van der Waals surface area contributed by atoms with Gasteiger partial charge in [-0.15, -0.1) is 0 Å². The maximum atomic E-state index is 11.2. The van der Waals surface area contributed by atoms with Crippen LogP contribution in [-0.4, -0.2) is 43.7 Å². The molecule has 0 aromatic heterocycles. The second-order valence-electron chi connectivity index (χ2n) is 5.35. The van der Waals surface area contributed by atoms with E-state index in [-0.39, 0.29) is 5.97 Å². The molecule has 106 valence electrons. The first-order chi connectivity index (χ1) is 8.67. The zero-order chi connectivity index (χ0) is 13.4. The number of carbonyl (C=O) groups excluding carboxylic acids is 1. The fraction of sp³-hybridized carbons (Fsp3) is 0.929. The van der Waals surface area contributed by atoms with E-state index in [0.29, 0.717) is 6.42 Å². The second-order valence-corrected chi connectivity index (χ2v) is 5.35. The number of hydrogen-bond acceptors (Lipinski definition) is 4. The maximum absolute atomic E-state index is 11.2. The van der Waals surface area contributed by atoms with Gasteiger partial charge in [0.1, 0.15) is 6.04 Å². The van der Waals surface area contributed by atoms with Crippen LogP contribution in [0.3, 0.4) is 0 Å². The van der Waals surface area contributed by atoms with Crippen LogP contribution in [0.5, 0.6) is 0 Å². The molecule has 18 heavy (non-hydrogen) atoms. The summed E-state index contributed by atoms with van der Waals surface area (Å²) in [6, 6.07) is -0.468. The average molecular weight is 256 g/mol. The summed E-state index contributed by atoms with van der Waals surface area (Å²) < 4.78 is 4.64. The van der Waals surface area contributed by atoms with E-state index in [0.717, 1.165) is 25.6 Å². The molecule has 0 amide bonds. The molecule has 1 aliphatic rings. The first kappa shape index (κ1) is 15.4. The first-order valence-corrected chi connectivity index (χ1v) is 7.23. The first-order valence-electron chi connectivity index (χ1n) is 7.23. The van der Waals surface area contributed by atoms with Crippen molar-refractivity contribution < 1.29 is 9.53 Å². The van der Waals surface area contributed by atoms with Gasteiger partial charge in [0.2, 0.25) is 0 Å². The molecule has 1 saturated heterocycles. The van der Waals surface area contributed by atoms with Crippen LogP contribution in [0.1, 0.15) is 45.4 Å². The number of carbonyl (C=O) groups is 1. The van der Waals surface area contributed by atoms with Crippen molar-refractivity contribution in [2.24, 2.45) is 11.7 Å². The number of esters is 1. The van der Waals surface area contributed by atoms with Gasteiger partial charge < -0.3 is 15.4 Å². The Bertz CT molecular complexity index is 246. The van der Waals surface area contributed by atoms with E-state index in [2.05, 4.69) is 16.6 Å². The number of nitrogens with two attached hydrogens (primary N) is 1. The minimum Gasteiger partial charge on any atom is -0.468 e. The highest BCUT2D eigenvalue weighted by Gasteiger charge is 2.19. The van der Waals surface area contributed by atoms with E-state index < -0.39 is 6.04 Å². The van der Waals surface area contributed by atoms with E-state index in [1.54, 1.807) is 0 Å². The van der Waals surface area contributed by atoms with E-state index >= 15 is 0 Å². The molecule has 2 atom stereocenters. The van der Waals surface area contributed by atoms with E-state index in [1.165, 1.54) is 39.2 Å². The Balaban J connectivity index is 2.25. The Kier molecular flexibility index (Phi) is 7.28. The van der Waals surface area contributed by atoms with Gasteiger partial charge in [0.15, 0.2) is 0 Å². The Morgan fingerprint density at radius 1 is 1.44 bits per heavy atom. The van der Waals surface area contributed by atoms with E-state index in [4.69, 9.17) is 5.73 Å². The quantitative estimate of drug-likeness (QED) is 0.736. The number of methoxy groups -OCH3 is 1. The Morgan fingerprint density at radius 2 is 2.22 bits per heavy atom. The van der Waals surface area contributed by atoms with Gasteiger partial charge >= 0.3 is 5.97 Å². The summed E-state index contributed by atoms with van der Waals surface area (Å²) in [5.41, 5.74) is 5.76. The van der Waals surface area contributed by atoms with Crippen LogP contribution >= 0.6 is 0 Å². The van der Waals surface area contributed by atoms with E-state index in [9.17, 15) is 4.79 Å². The van der Waals surface area contributed by atoms with E-state index in [1.807, 2.05) is 0 Å². The zero-order valence-electron chi connectivity index (χ0n) is 11.9. The zero-order valence-corrected chi connectivity index (χ0v) is 11.9. The molecule has 4 heteroatoms. The third-order valence-corrected chi connectivity index (χ3v) is 3.90. The molecule has 2 N–H and O–H groups in total. The van der Waals surface area contributed by atoms with Gasteiger partial charge in [-0.1, -0.05) is 19.8 Å². The lowest BCUT2D eigenvalue weighted by molar-refractivity contribution is -0.142. The van der Waals surface area contributed by atoms with Gasteiger partial charge in [0.05, 0.1) is 7.11 Å². The summed E-state index contributed by atoms with van der Waals surface area (Å²) in [5.74, 6) is 0.600. The van der Waals surface area contributed by atoms with Crippen LogP contribution in [0.15, 0.2) is 0 Å². The third-order valence-electron chi connectivity index (χ3n) is 3.90. The Morgan fingerprint density at radius 3 is 2.89 bits per heavy atom. The predicted molar refractivity (Wildman–Crippen MR) is 73.3 cm³/mol. The molecule has 4 nitrogen and oxygen atoms in total. The minimum absolute atomic E-state index is 0.298. The molecule has 0 aromatic carbocycles. The standard InChI is InChI=1S/C14H28N2O2/c1-3-5-12-6-4-9-16(10-7-12)11-8-13(15)14(17)18-2/h12-13H,3-11,15H2,1-2H3. The van der Waals surface area contributed by atoms with Crippen LogP contribution in [0, 0.1) is 5.92 Å². The molecule has 2 unspecified atom stereocenters. The minimum atomic E-state index is -0.468. The third kappa shape index (κ3) is 5.36. The summed E-state index contributed by atoms with van der Waals surface area (Å²) in [6.07, 6.45) is 7.27. The van der Waals surface area contributed by atoms with Crippen LogP contribution in [0.25, 0.3) is 0 Å². The van der Waals surface area contributed by atoms with Crippen LogP contribution in [0.2, 0.25) is 0 Å². The van der Waals surface area contributed by atoms with Gasteiger partial charge in [-0.2, -0.15) is 0 Å². The van der Waals surface area contributed by atoms with Crippen molar-refractivity contribution in [3.8, 4) is 0 Å². The maximum Gasteiger partial charge on any atom is 0.322 e. The molecule has 0 bridgehead atoms. The molecule has 1 aliphatic heterocycles. The lowest BCUT2D eigenvalue weighted by Gasteiger charge is -2.21. The predicted octanol–water partition coefficient (Wildman–Crippen LogP) is 1.78. The number of ether oxygens (including phenoxy) is 1. The molecule has 1 fully saturated rings. The normalized spacial score (nSPS) is 23.4. The highest BCUT2D eigenvalue weighted by atomic mass is 16.5. The molecule has 1 rings (SSSR count). The lowest BCUT2D eigenvalue weighted by atomic mass is 9.96. The lowest BCUT2D eigenvalue weighted by Crippen LogP contribution is -2.36. The molecule has 1 heterocycles. The van der Waals surface area contributed by atoms with Crippen molar-refractivity contribution in [1.82, 2.24) is 4.90 Å². The number of nitrogens with zero attached hydrogens (tertiary/aromatic N) is 1. The van der Waals surface area contributed by atoms with Crippen molar-refractivity contribution >= 4 is 5.97 Å². The van der Waals surface area contributed by atoms with Gasteiger partial charge in [0.25, 0.3) is 0 Å². The molecule has 0 saturated carbocycles. The largest absolute Gasteiger partial charge is 0.468 e. The molecular weight excluding hydrogens is 228 g/mol. The topological polar surface area (TPSA) is 55.6 Å². The highest BCUT2D eigenvalue weighted by Crippen LogP contribution is 2.21. The van der Waals surface area contributed by atoms with Gasteiger partial charge in [-0.25, -0.2) is 0 Å². The van der Waals surface area contributed by atoms with Crippen molar-refractivity contribution in [1.29, 1.82) is 0 Å². The van der Waals surface area contributed by atoms with Gasteiger partial charge in [0, 0.05) is 6.54 Å². The number of likely N-dealkylation sites (tertiary alicyclic amines) is 1. The Hall–Kier alpha value is -0.610. The number of hydrogen-bond donors (Lipinski definition) is 1. The molecule has 0 spiro atoms. The summed E-state index contributed by atoms with van der Waals surface area (Å²) in [7, 11) is 1.39. The summed E-state index contributed by atoms with van der Waals surface area (Å²) in [4.78, 5) is 13.7. The monoisotopic (exact) mass is 256 g/mol. The van der Waals surface area contributed by atoms with Crippen molar-refractivity contribution in [3.63, 3.8) is 0 Å². The van der Waals surface area contributed by atoms with Gasteiger partial charge in [-0.05, 0) is 44.7 Å². The van der Waals surface area contributed by atoms with Crippen LogP contribution in [-0.2, 0) is 9.53 Å². The summed E-state index contributed by atoms with van der Waals surface area (Å²) >= 11 is 0. The molecule has 0 aliphatic carbocycles. The van der Waals surface area contributed by atoms with Crippen molar-refractivity contribution in [2.45, 2.75) is 51.5 Å². The molecular formula is C14H28N2O2. The van der Waals surface area contributed by atoms with Crippen LogP contribution < -0.4 is 5.73 Å². The number of rotatable bonds is 6. The second kappa shape index (κ2) is 8.48. The fourth-order valence-corrected chi connectivity index (χ4v) is 2.74. The smallest absolute Gasteiger partial charge is 0.322 e. The summed E-state index contributed by atoms with van der Waals surface area (Å²) in [6.45, 7) is 5.47. The van der Waals surface area contributed by atoms with Crippen LogP contribution in [0.4, 0.5) is 0 Å². The van der Waals surface area contributed by atoms with Crippen molar-refractivity contribution in [3.05, 3.63) is 0 Å². The van der Waals surface area contributed by atoms with Crippen molar-refractivity contribution in [2.75, 3.05) is 26.7 Å². The molecule has 0 radical (unpaired) electrons. The summed E-state index contributed by atoms with van der Waals surface area (Å²) in [5, 5.41) is 0. The Labute approximate surface area is 111 Å². The highest BCUT2D eigenvalue weighted by molar-refractivity contribution is 5.75. The van der Waals surface area contributed by atoms with Gasteiger partial charge in [-0.3, -0.25) is 4.79 Å². The molecule has 0 aromatic rings. The SMILES string of the molecule is CCCC1CCCN(CCC(N)C(=O)OC)CC1. The average Bonchev–Trinajstić information content (AvgIpc) is 2.61. The fourth-order valence-electron chi connectivity index (χ4n) is 2.74.